The number of hydrogen-bond donors (Lipinski definition) is 0. The van der Waals surface area contributed by atoms with E-state index in [0.29, 0.717) is 11.3 Å². The largest absolute Gasteiger partial charge is 0.492 e. The number of benzene rings is 1. The van der Waals surface area contributed by atoms with Crippen molar-refractivity contribution in [2.24, 2.45) is 0 Å². The highest BCUT2D eigenvalue weighted by atomic mass is 79.9. The van der Waals surface area contributed by atoms with E-state index in [1.165, 1.54) is 25.3 Å². The average molecular weight is 291 g/mol. The summed E-state index contributed by atoms with van der Waals surface area (Å²) in [7, 11) is 1.31. The highest BCUT2D eigenvalue weighted by molar-refractivity contribution is 9.10. The third-order valence-corrected chi connectivity index (χ3v) is 2.62. The van der Waals surface area contributed by atoms with E-state index in [9.17, 15) is 9.18 Å². The highest BCUT2D eigenvalue weighted by Crippen LogP contribution is 2.19. The molecule has 0 aliphatic heterocycles. The van der Waals surface area contributed by atoms with Crippen LogP contribution >= 0.6 is 15.9 Å². The van der Waals surface area contributed by atoms with Crippen molar-refractivity contribution in [3.63, 3.8) is 0 Å². The van der Waals surface area contributed by atoms with Gasteiger partial charge in [-0.15, -0.1) is 0 Å². The third kappa shape index (κ3) is 3.48. The summed E-state index contributed by atoms with van der Waals surface area (Å²) in [6.45, 7) is 1.87. The number of carbonyl (C=O) groups is 1. The van der Waals surface area contributed by atoms with Crippen LogP contribution in [0.25, 0.3) is 0 Å². The van der Waals surface area contributed by atoms with Crippen molar-refractivity contribution in [1.82, 2.24) is 0 Å². The van der Waals surface area contributed by atoms with Gasteiger partial charge in [0.2, 0.25) is 0 Å². The van der Waals surface area contributed by atoms with E-state index in [1.807, 2.05) is 0 Å². The van der Waals surface area contributed by atoms with Gasteiger partial charge in [0.05, 0.1) is 7.11 Å². The molecule has 0 saturated carbocycles. The number of methoxy groups -OCH3 is 1. The second-order valence-electron chi connectivity index (χ2n) is 3.21. The van der Waals surface area contributed by atoms with Crippen molar-refractivity contribution in [3.05, 3.63) is 29.6 Å². The quantitative estimate of drug-likeness (QED) is 0.631. The minimum atomic E-state index is -0.526. The van der Waals surface area contributed by atoms with Crippen LogP contribution in [-0.4, -0.2) is 24.5 Å². The number of alkyl halides is 1. The Morgan fingerprint density at radius 3 is 2.81 bits per heavy atom. The number of ether oxygens (including phenoxy) is 2. The van der Waals surface area contributed by atoms with Gasteiger partial charge in [0.25, 0.3) is 0 Å². The molecule has 1 aromatic carbocycles. The number of halogens is 2. The van der Waals surface area contributed by atoms with Crippen LogP contribution in [0, 0.1) is 12.7 Å². The van der Waals surface area contributed by atoms with Gasteiger partial charge in [-0.3, -0.25) is 4.79 Å². The molecule has 88 valence electrons. The minimum Gasteiger partial charge on any atom is -0.492 e. The molecular weight excluding hydrogens is 279 g/mol. The molecule has 0 spiro atoms. The van der Waals surface area contributed by atoms with Crippen LogP contribution < -0.4 is 4.74 Å². The van der Waals surface area contributed by atoms with Crippen LogP contribution in [-0.2, 0) is 9.53 Å². The standard InChI is InChI=1S/C11H12BrFO3/c1-7-5-8(13)3-4-10(7)16-6-9(12)11(14)15-2/h3-5,9H,6H2,1-2H3. The van der Waals surface area contributed by atoms with Gasteiger partial charge in [0, 0.05) is 0 Å². The third-order valence-electron chi connectivity index (χ3n) is 1.98. The highest BCUT2D eigenvalue weighted by Gasteiger charge is 2.16. The molecule has 1 atom stereocenters. The van der Waals surface area contributed by atoms with Crippen molar-refractivity contribution in [3.8, 4) is 5.75 Å². The molecule has 0 aliphatic carbocycles. The lowest BCUT2D eigenvalue weighted by molar-refractivity contribution is -0.140. The SMILES string of the molecule is COC(=O)C(Br)COc1ccc(F)cc1C. The molecule has 0 saturated heterocycles. The van der Waals surface area contributed by atoms with Gasteiger partial charge in [-0.05, 0) is 30.7 Å². The van der Waals surface area contributed by atoms with Crippen molar-refractivity contribution in [1.29, 1.82) is 0 Å². The molecule has 16 heavy (non-hydrogen) atoms. The Kier molecular flexibility index (Phi) is 4.73. The van der Waals surface area contributed by atoms with Gasteiger partial charge in [-0.1, -0.05) is 15.9 Å². The summed E-state index contributed by atoms with van der Waals surface area (Å²) in [5.74, 6) is -0.164. The monoisotopic (exact) mass is 290 g/mol. The maximum atomic E-state index is 12.8. The van der Waals surface area contributed by atoms with Gasteiger partial charge in [0.1, 0.15) is 23.0 Å². The van der Waals surface area contributed by atoms with Crippen molar-refractivity contribution in [2.75, 3.05) is 13.7 Å². The molecule has 0 aliphatic rings. The maximum absolute atomic E-state index is 12.8. The summed E-state index contributed by atoms with van der Waals surface area (Å²) in [4.78, 5) is 10.5. The molecule has 0 N–H and O–H groups in total. The van der Waals surface area contributed by atoms with E-state index in [-0.39, 0.29) is 12.4 Å². The van der Waals surface area contributed by atoms with E-state index < -0.39 is 10.8 Å². The van der Waals surface area contributed by atoms with Crippen LogP contribution in [0.1, 0.15) is 5.56 Å². The first-order chi connectivity index (χ1) is 7.54. The lowest BCUT2D eigenvalue weighted by Crippen LogP contribution is -2.23. The summed E-state index contributed by atoms with van der Waals surface area (Å²) >= 11 is 3.13. The Hall–Kier alpha value is -1.10. The second kappa shape index (κ2) is 5.84. The predicted molar refractivity (Wildman–Crippen MR) is 61.4 cm³/mol. The molecule has 1 aromatic rings. The predicted octanol–water partition coefficient (Wildman–Crippen LogP) is 2.45. The van der Waals surface area contributed by atoms with E-state index in [2.05, 4.69) is 20.7 Å². The average Bonchev–Trinajstić information content (AvgIpc) is 2.26. The normalized spacial score (nSPS) is 12.0. The van der Waals surface area contributed by atoms with Crippen molar-refractivity contribution in [2.45, 2.75) is 11.8 Å². The Bertz CT molecular complexity index is 381. The molecule has 3 nitrogen and oxygen atoms in total. The van der Waals surface area contributed by atoms with Crippen LogP contribution in [0.4, 0.5) is 4.39 Å². The lowest BCUT2D eigenvalue weighted by Gasteiger charge is -2.11. The molecule has 0 aromatic heterocycles. The van der Waals surface area contributed by atoms with E-state index in [0.717, 1.165) is 0 Å². The fourth-order valence-electron chi connectivity index (χ4n) is 1.13. The van der Waals surface area contributed by atoms with Gasteiger partial charge in [0.15, 0.2) is 0 Å². The molecule has 0 fully saturated rings. The summed E-state index contributed by atoms with van der Waals surface area (Å²) in [6.07, 6.45) is 0. The van der Waals surface area contributed by atoms with E-state index >= 15 is 0 Å². The van der Waals surface area contributed by atoms with Gasteiger partial charge in [-0.2, -0.15) is 0 Å². The first-order valence-electron chi connectivity index (χ1n) is 4.65. The number of aryl methyl sites for hydroxylation is 1. The van der Waals surface area contributed by atoms with Crippen LogP contribution in [0.5, 0.6) is 5.75 Å². The number of hydrogen-bond acceptors (Lipinski definition) is 3. The van der Waals surface area contributed by atoms with Gasteiger partial charge < -0.3 is 9.47 Å². The number of esters is 1. The fraction of sp³-hybridized carbons (Fsp3) is 0.364. The fourth-order valence-corrected chi connectivity index (χ4v) is 1.45. The zero-order valence-corrected chi connectivity index (χ0v) is 10.6. The van der Waals surface area contributed by atoms with Crippen molar-refractivity contribution < 1.29 is 18.7 Å². The number of carbonyl (C=O) groups excluding carboxylic acids is 1. The Labute approximate surface area is 102 Å². The van der Waals surface area contributed by atoms with Gasteiger partial charge >= 0.3 is 5.97 Å². The second-order valence-corrected chi connectivity index (χ2v) is 4.32. The molecule has 1 rings (SSSR count). The summed E-state index contributed by atoms with van der Waals surface area (Å²) < 4.78 is 22.7. The Morgan fingerprint density at radius 1 is 1.56 bits per heavy atom. The minimum absolute atomic E-state index is 0.138. The summed E-state index contributed by atoms with van der Waals surface area (Å²) in [5.41, 5.74) is 0.685. The van der Waals surface area contributed by atoms with Crippen molar-refractivity contribution >= 4 is 21.9 Å². The Morgan fingerprint density at radius 2 is 2.25 bits per heavy atom. The maximum Gasteiger partial charge on any atom is 0.322 e. The Balaban J connectivity index is 2.58. The van der Waals surface area contributed by atoms with Gasteiger partial charge in [-0.25, -0.2) is 4.39 Å². The van der Waals surface area contributed by atoms with E-state index in [4.69, 9.17) is 4.74 Å². The zero-order chi connectivity index (χ0) is 12.1. The molecular formula is C11H12BrFO3. The molecule has 1 unspecified atom stereocenters. The summed E-state index contributed by atoms with van der Waals surface area (Å²) in [6, 6.07) is 4.21. The molecule has 0 radical (unpaired) electrons. The van der Waals surface area contributed by atoms with Crippen LogP contribution in [0.2, 0.25) is 0 Å². The lowest BCUT2D eigenvalue weighted by atomic mass is 10.2. The van der Waals surface area contributed by atoms with E-state index in [1.54, 1.807) is 6.92 Å². The molecule has 0 bridgehead atoms. The van der Waals surface area contributed by atoms with Crippen LogP contribution in [0.15, 0.2) is 18.2 Å². The molecule has 0 heterocycles. The smallest absolute Gasteiger partial charge is 0.322 e. The molecule has 5 heteroatoms. The molecule has 0 amide bonds. The zero-order valence-electron chi connectivity index (χ0n) is 9.00. The summed E-state index contributed by atoms with van der Waals surface area (Å²) in [5, 5.41) is 0. The first kappa shape index (κ1) is 13.0. The van der Waals surface area contributed by atoms with Crippen LogP contribution in [0.3, 0.4) is 0 Å². The number of rotatable bonds is 4. The topological polar surface area (TPSA) is 35.5 Å². The first-order valence-corrected chi connectivity index (χ1v) is 5.57.